The molecule has 1 aliphatic heterocycles. The molecule has 1 heterocycles. The summed E-state index contributed by atoms with van der Waals surface area (Å²) in [5, 5.41) is 2.85. The second kappa shape index (κ2) is 8.95. The van der Waals surface area contributed by atoms with E-state index in [-0.39, 0.29) is 23.8 Å². The largest absolute Gasteiger partial charge is 0.380 e. The van der Waals surface area contributed by atoms with Crippen molar-refractivity contribution in [3.8, 4) is 0 Å². The number of hydrogen-bond acceptors (Lipinski definition) is 3. The Kier molecular flexibility index (Phi) is 7.59. The van der Waals surface area contributed by atoms with Crippen LogP contribution in [0.2, 0.25) is 0 Å². The highest BCUT2D eigenvalue weighted by Gasteiger charge is 2.32. The van der Waals surface area contributed by atoms with E-state index in [1.807, 2.05) is 13.8 Å². The Bertz CT molecular complexity index is 320. The quantitative estimate of drug-likeness (QED) is 0.688. The standard InChI is InChI=1S/C15H28N2O3/c1-4-6-10-20-11-9-17-8-7-13(18)16-14(15(17)19)12(3)5-2/h12,14H,4-11H2,1-3H3,(H,16,18). The molecule has 1 fully saturated rings. The van der Waals surface area contributed by atoms with Crippen LogP contribution >= 0.6 is 0 Å². The molecule has 2 atom stereocenters. The SMILES string of the molecule is CCCCOCCN1CCC(=O)NC(C(C)CC)C1=O. The number of nitrogens with one attached hydrogen (secondary N) is 1. The maximum atomic E-state index is 12.5. The van der Waals surface area contributed by atoms with Gasteiger partial charge in [-0.2, -0.15) is 0 Å². The fourth-order valence-corrected chi connectivity index (χ4v) is 2.22. The molecular weight excluding hydrogens is 256 g/mol. The Morgan fingerprint density at radius 2 is 2.10 bits per heavy atom. The normalized spacial score (nSPS) is 21.6. The van der Waals surface area contributed by atoms with Gasteiger partial charge in [-0.3, -0.25) is 9.59 Å². The molecular formula is C15H28N2O3. The van der Waals surface area contributed by atoms with Gasteiger partial charge in [0.15, 0.2) is 0 Å². The van der Waals surface area contributed by atoms with E-state index in [1.165, 1.54) is 0 Å². The second-order valence-corrected chi connectivity index (χ2v) is 5.47. The lowest BCUT2D eigenvalue weighted by Gasteiger charge is -2.27. The van der Waals surface area contributed by atoms with Crippen molar-refractivity contribution in [1.82, 2.24) is 10.2 Å². The lowest BCUT2D eigenvalue weighted by atomic mass is 9.98. The van der Waals surface area contributed by atoms with Crippen molar-refractivity contribution in [2.45, 2.75) is 52.5 Å². The molecule has 116 valence electrons. The summed E-state index contributed by atoms with van der Waals surface area (Å²) in [4.78, 5) is 25.9. The molecule has 0 spiro atoms. The third-order valence-corrected chi connectivity index (χ3v) is 3.86. The van der Waals surface area contributed by atoms with E-state index in [0.29, 0.717) is 26.1 Å². The molecule has 0 radical (unpaired) electrons. The molecule has 1 saturated heterocycles. The van der Waals surface area contributed by atoms with Gasteiger partial charge >= 0.3 is 0 Å². The van der Waals surface area contributed by atoms with E-state index in [9.17, 15) is 9.59 Å². The van der Waals surface area contributed by atoms with Gasteiger partial charge in [0.1, 0.15) is 6.04 Å². The number of rotatable bonds is 8. The van der Waals surface area contributed by atoms with Crippen LogP contribution in [0.3, 0.4) is 0 Å². The van der Waals surface area contributed by atoms with Gasteiger partial charge in [0.05, 0.1) is 6.61 Å². The summed E-state index contributed by atoms with van der Waals surface area (Å²) in [6.45, 7) is 8.52. The van der Waals surface area contributed by atoms with E-state index in [2.05, 4.69) is 12.2 Å². The first-order valence-corrected chi connectivity index (χ1v) is 7.76. The molecule has 1 rings (SSSR count). The van der Waals surface area contributed by atoms with Crippen molar-refractivity contribution in [3.05, 3.63) is 0 Å². The number of amides is 2. The maximum absolute atomic E-state index is 12.5. The Hall–Kier alpha value is -1.10. The molecule has 0 bridgehead atoms. The fourth-order valence-electron chi connectivity index (χ4n) is 2.22. The highest BCUT2D eigenvalue weighted by atomic mass is 16.5. The van der Waals surface area contributed by atoms with Crippen LogP contribution in [-0.2, 0) is 14.3 Å². The predicted molar refractivity (Wildman–Crippen MR) is 78.3 cm³/mol. The number of hydrogen-bond donors (Lipinski definition) is 1. The van der Waals surface area contributed by atoms with Gasteiger partial charge in [0, 0.05) is 26.1 Å². The van der Waals surface area contributed by atoms with Crippen LogP contribution in [-0.4, -0.2) is 49.1 Å². The minimum absolute atomic E-state index is 0.0296. The topological polar surface area (TPSA) is 58.6 Å². The van der Waals surface area contributed by atoms with Crippen molar-refractivity contribution < 1.29 is 14.3 Å². The highest BCUT2D eigenvalue weighted by molar-refractivity contribution is 5.90. The summed E-state index contributed by atoms with van der Waals surface area (Å²) < 4.78 is 5.52. The molecule has 2 amide bonds. The summed E-state index contributed by atoms with van der Waals surface area (Å²) in [5.41, 5.74) is 0. The van der Waals surface area contributed by atoms with Gasteiger partial charge in [-0.05, 0) is 12.3 Å². The summed E-state index contributed by atoms with van der Waals surface area (Å²) in [6.07, 6.45) is 3.41. The zero-order valence-corrected chi connectivity index (χ0v) is 13.0. The number of unbranched alkanes of at least 4 members (excludes halogenated alkanes) is 1. The number of carbonyl (C=O) groups is 2. The number of carbonyl (C=O) groups excluding carboxylic acids is 2. The highest BCUT2D eigenvalue weighted by Crippen LogP contribution is 2.14. The van der Waals surface area contributed by atoms with Crippen LogP contribution < -0.4 is 5.32 Å². The van der Waals surface area contributed by atoms with Gasteiger partial charge in [-0.15, -0.1) is 0 Å². The minimum atomic E-state index is -0.384. The van der Waals surface area contributed by atoms with Crippen LogP contribution in [0.15, 0.2) is 0 Å². The van der Waals surface area contributed by atoms with E-state index < -0.39 is 0 Å². The predicted octanol–water partition coefficient (Wildman–Crippen LogP) is 1.57. The summed E-state index contributed by atoms with van der Waals surface area (Å²) in [6, 6.07) is -0.384. The first-order valence-electron chi connectivity index (χ1n) is 7.76. The lowest BCUT2D eigenvalue weighted by Crippen LogP contribution is -2.48. The van der Waals surface area contributed by atoms with Crippen LogP contribution in [0.25, 0.3) is 0 Å². The van der Waals surface area contributed by atoms with Gasteiger partial charge in [-0.25, -0.2) is 0 Å². The zero-order valence-electron chi connectivity index (χ0n) is 13.0. The molecule has 1 aliphatic rings. The van der Waals surface area contributed by atoms with Crippen LogP contribution in [0.1, 0.15) is 46.5 Å². The van der Waals surface area contributed by atoms with E-state index >= 15 is 0 Å². The molecule has 5 nitrogen and oxygen atoms in total. The van der Waals surface area contributed by atoms with Crippen molar-refractivity contribution in [2.75, 3.05) is 26.3 Å². The van der Waals surface area contributed by atoms with Crippen LogP contribution in [0.4, 0.5) is 0 Å². The smallest absolute Gasteiger partial charge is 0.245 e. The third-order valence-electron chi connectivity index (χ3n) is 3.86. The number of ether oxygens (including phenoxy) is 1. The second-order valence-electron chi connectivity index (χ2n) is 5.47. The lowest BCUT2D eigenvalue weighted by molar-refractivity contribution is -0.135. The average molecular weight is 284 g/mol. The summed E-state index contributed by atoms with van der Waals surface area (Å²) in [5.74, 6) is 0.162. The monoisotopic (exact) mass is 284 g/mol. The molecule has 20 heavy (non-hydrogen) atoms. The van der Waals surface area contributed by atoms with Gasteiger partial charge < -0.3 is 15.0 Å². The van der Waals surface area contributed by atoms with Crippen molar-refractivity contribution in [1.29, 1.82) is 0 Å². The third kappa shape index (κ3) is 5.12. The Labute approximate surface area is 122 Å². The van der Waals surface area contributed by atoms with E-state index in [4.69, 9.17) is 4.74 Å². The minimum Gasteiger partial charge on any atom is -0.380 e. The average Bonchev–Trinajstić information content (AvgIpc) is 2.59. The zero-order chi connectivity index (χ0) is 15.0. The maximum Gasteiger partial charge on any atom is 0.245 e. The Morgan fingerprint density at radius 3 is 2.75 bits per heavy atom. The number of nitrogens with zero attached hydrogens (tertiary/aromatic N) is 1. The van der Waals surface area contributed by atoms with Crippen molar-refractivity contribution >= 4 is 11.8 Å². The first kappa shape index (κ1) is 17.0. The summed E-state index contributed by atoms with van der Waals surface area (Å²) >= 11 is 0. The molecule has 0 aromatic rings. The van der Waals surface area contributed by atoms with Crippen LogP contribution in [0, 0.1) is 5.92 Å². The molecule has 0 aliphatic carbocycles. The molecule has 5 heteroatoms. The van der Waals surface area contributed by atoms with Crippen molar-refractivity contribution in [2.24, 2.45) is 5.92 Å². The fraction of sp³-hybridized carbons (Fsp3) is 0.867. The first-order chi connectivity index (χ1) is 9.60. The van der Waals surface area contributed by atoms with Gasteiger partial charge in [-0.1, -0.05) is 33.6 Å². The van der Waals surface area contributed by atoms with Gasteiger partial charge in [0.2, 0.25) is 11.8 Å². The van der Waals surface area contributed by atoms with E-state index in [0.717, 1.165) is 25.9 Å². The molecule has 1 N–H and O–H groups in total. The Balaban J connectivity index is 2.51. The summed E-state index contributed by atoms with van der Waals surface area (Å²) in [7, 11) is 0. The molecule has 0 saturated carbocycles. The Morgan fingerprint density at radius 1 is 1.35 bits per heavy atom. The molecule has 0 aromatic heterocycles. The molecule has 2 unspecified atom stereocenters. The van der Waals surface area contributed by atoms with E-state index in [1.54, 1.807) is 4.90 Å². The van der Waals surface area contributed by atoms with Crippen molar-refractivity contribution in [3.63, 3.8) is 0 Å². The molecule has 0 aromatic carbocycles. The van der Waals surface area contributed by atoms with Crippen LogP contribution in [0.5, 0.6) is 0 Å². The van der Waals surface area contributed by atoms with Gasteiger partial charge in [0.25, 0.3) is 0 Å².